The molecule has 0 aliphatic heterocycles. The molecule has 0 radical (unpaired) electrons. The lowest BCUT2D eigenvalue weighted by atomic mass is 9.80. The summed E-state index contributed by atoms with van der Waals surface area (Å²) in [6.07, 6.45) is 0. The van der Waals surface area contributed by atoms with Crippen LogP contribution >= 0.6 is 0 Å². The first-order valence-corrected chi connectivity index (χ1v) is 9.15. The van der Waals surface area contributed by atoms with Crippen molar-refractivity contribution in [3.05, 3.63) is 29.1 Å². The van der Waals surface area contributed by atoms with Crippen LogP contribution in [-0.2, 0) is 23.3 Å². The lowest BCUT2D eigenvalue weighted by Gasteiger charge is -2.27. The Kier molecular flexibility index (Phi) is 7.04. The third kappa shape index (κ3) is 7.90. The number of pyridine rings is 1. The highest BCUT2D eigenvalue weighted by atomic mass is 35.7. The minimum Gasteiger partial charge on any atom is -0.222 e. The number of halogens is 1. The molecule has 0 spiro atoms. The lowest BCUT2D eigenvalue weighted by Crippen LogP contribution is -2.68. The molecule has 0 bridgehead atoms. The molecule has 0 saturated heterocycles. The Hall–Kier alpha value is -0.720. The Labute approximate surface area is 148 Å². The van der Waals surface area contributed by atoms with Gasteiger partial charge in [-0.15, -0.1) is 10.2 Å². The Bertz CT molecular complexity index is 517. The first kappa shape index (κ1) is 23.3. The van der Waals surface area contributed by atoms with E-state index in [-0.39, 0.29) is 16.2 Å². The molecule has 140 valence electrons. The topological polar surface area (TPSA) is 96.1 Å². The molecule has 0 atom stereocenters. The molecule has 6 heteroatoms. The molecule has 0 aliphatic rings. The summed E-state index contributed by atoms with van der Waals surface area (Å²) in [7, 11) is -2.74. The number of nitrogens with zero attached hydrogens (tertiary/aromatic N) is 1. The van der Waals surface area contributed by atoms with Crippen LogP contribution in [0.3, 0.4) is 0 Å². The van der Waals surface area contributed by atoms with Crippen molar-refractivity contribution in [1.29, 1.82) is 0 Å². The highest BCUT2D eigenvalue weighted by molar-refractivity contribution is 5.28. The minimum absolute atomic E-state index is 0.163. The van der Waals surface area contributed by atoms with Gasteiger partial charge in [-0.1, -0.05) is 62.3 Å². The average Bonchev–Trinajstić information content (AvgIpc) is 2.21. The molecule has 1 rings (SSSR count). The predicted octanol–water partition coefficient (Wildman–Crippen LogP) is -0.352. The molecule has 0 fully saturated rings. The second-order valence-electron chi connectivity index (χ2n) is 9.20. The van der Waals surface area contributed by atoms with Crippen molar-refractivity contribution in [2.75, 3.05) is 0 Å². The van der Waals surface area contributed by atoms with Crippen molar-refractivity contribution in [1.82, 2.24) is 0 Å². The van der Waals surface area contributed by atoms with Crippen LogP contribution in [0, 0.1) is 10.2 Å². The monoisotopic (exact) mass is 361 g/mol. The summed E-state index contributed by atoms with van der Waals surface area (Å²) in [5.41, 5.74) is 4.76. The van der Waals surface area contributed by atoms with Crippen LogP contribution in [0.25, 0.3) is 0 Å². The van der Waals surface area contributed by atoms with Crippen LogP contribution in [-0.4, -0.2) is 0 Å². The highest BCUT2D eigenvalue weighted by Crippen LogP contribution is 2.30. The van der Waals surface area contributed by atoms with Crippen LogP contribution in [0.2, 0.25) is 0 Å². The molecule has 24 heavy (non-hydrogen) atoms. The van der Waals surface area contributed by atoms with Crippen molar-refractivity contribution in [2.24, 2.45) is 7.05 Å². The van der Waals surface area contributed by atoms with Gasteiger partial charge in [-0.2, -0.15) is 0 Å². The molecule has 0 unspecified atom stereocenters. The van der Waals surface area contributed by atoms with Gasteiger partial charge in [0, 0.05) is 23.0 Å². The van der Waals surface area contributed by atoms with Gasteiger partial charge in [0.05, 0.1) is 0 Å². The second-order valence-corrected chi connectivity index (χ2v) is 9.96. The zero-order chi connectivity index (χ0) is 19.7. The summed E-state index contributed by atoms with van der Waals surface area (Å²) in [5, 5.41) is 0. The smallest absolute Gasteiger partial charge is 0.186 e. The zero-order valence-corrected chi connectivity index (χ0v) is 17.4. The van der Waals surface area contributed by atoms with E-state index in [1.807, 2.05) is 0 Å². The molecule has 0 saturated carbocycles. The van der Waals surface area contributed by atoms with Gasteiger partial charge in [0.2, 0.25) is 0 Å². The van der Waals surface area contributed by atoms with E-state index in [4.69, 9.17) is 18.6 Å². The summed E-state index contributed by atoms with van der Waals surface area (Å²) in [6.45, 7) is 20.6. The van der Waals surface area contributed by atoms with E-state index in [0.29, 0.717) is 0 Å². The summed E-state index contributed by atoms with van der Waals surface area (Å²) < 4.78 is 36.4. The van der Waals surface area contributed by atoms with Crippen LogP contribution in [0.1, 0.15) is 79.3 Å². The van der Waals surface area contributed by atoms with E-state index in [1.54, 1.807) is 0 Å². The fourth-order valence-corrected chi connectivity index (χ4v) is 2.53. The van der Waals surface area contributed by atoms with Crippen LogP contribution in [0.4, 0.5) is 0 Å². The third-order valence-corrected chi connectivity index (χ3v) is 3.71. The summed E-state index contributed by atoms with van der Waals surface area (Å²) >= 11 is 0. The zero-order valence-electron chi connectivity index (χ0n) is 16.6. The van der Waals surface area contributed by atoms with Crippen molar-refractivity contribution in [3.63, 3.8) is 0 Å². The van der Waals surface area contributed by atoms with Gasteiger partial charge in [-0.25, -0.2) is 23.2 Å². The largest absolute Gasteiger partial charge is 0.222 e. The van der Waals surface area contributed by atoms with Gasteiger partial charge in [-0.05, 0) is 11.0 Å². The molecule has 0 N–H and O–H groups in total. The maximum absolute atomic E-state index is 8.49. The number of aromatic nitrogens is 1. The van der Waals surface area contributed by atoms with Crippen LogP contribution < -0.4 is 23.2 Å². The second kappa shape index (κ2) is 7.26. The Morgan fingerprint density at radius 3 is 1.08 bits per heavy atom. The van der Waals surface area contributed by atoms with Gasteiger partial charge >= 0.3 is 0 Å². The van der Waals surface area contributed by atoms with E-state index >= 15 is 0 Å². The molecular weight excluding hydrogens is 330 g/mol. The highest BCUT2D eigenvalue weighted by Gasteiger charge is 2.33. The van der Waals surface area contributed by atoms with Crippen molar-refractivity contribution < 1.29 is 33.4 Å². The van der Waals surface area contributed by atoms with Crippen LogP contribution in [0.5, 0.6) is 0 Å². The Balaban J connectivity index is 0.000000922. The van der Waals surface area contributed by atoms with E-state index in [9.17, 15) is 0 Å². The standard InChI is InChI=1S/C18H32N.ClHO4/c1-16(2,3)13-11-14(17(4,5)6)19(10)15(12-13)18(7,8)9;2-1(3,4)5/h11-12H,1-10H3;(H,2,3,4,5)/q+1;/p-1. The summed E-state index contributed by atoms with van der Waals surface area (Å²) in [4.78, 5) is 0. The predicted molar refractivity (Wildman–Crippen MR) is 83.7 cm³/mol. The maximum Gasteiger partial charge on any atom is 0.186 e. The SMILES string of the molecule is C[n+]1c(C(C)(C)C)cc(C(C)(C)C)cc1C(C)(C)C.[O-][Cl+3]([O-])([O-])[O-]. The fraction of sp³-hybridized carbons (Fsp3) is 0.722. The van der Waals surface area contributed by atoms with Crippen molar-refractivity contribution in [2.45, 2.75) is 78.6 Å². The number of hydrogen-bond acceptors (Lipinski definition) is 4. The van der Waals surface area contributed by atoms with E-state index in [0.717, 1.165) is 0 Å². The number of rotatable bonds is 0. The van der Waals surface area contributed by atoms with Crippen LogP contribution in [0.15, 0.2) is 12.1 Å². The molecule has 1 aromatic heterocycles. The third-order valence-electron chi connectivity index (χ3n) is 3.71. The first-order chi connectivity index (χ1) is 10.2. The normalized spacial score (nSPS) is 13.4. The number of hydrogen-bond donors (Lipinski definition) is 0. The Morgan fingerprint density at radius 1 is 0.667 bits per heavy atom. The van der Waals surface area contributed by atoms with Gasteiger partial charge in [0.25, 0.3) is 0 Å². The maximum atomic E-state index is 8.49. The Morgan fingerprint density at radius 2 is 0.917 bits per heavy atom. The van der Waals surface area contributed by atoms with E-state index in [1.165, 1.54) is 17.0 Å². The fourth-order valence-electron chi connectivity index (χ4n) is 2.53. The first-order valence-electron chi connectivity index (χ1n) is 7.92. The van der Waals surface area contributed by atoms with Gasteiger partial charge in [-0.3, -0.25) is 0 Å². The van der Waals surface area contributed by atoms with Crippen molar-refractivity contribution in [3.8, 4) is 0 Å². The van der Waals surface area contributed by atoms with Crippen molar-refractivity contribution >= 4 is 0 Å². The molecule has 0 aliphatic carbocycles. The molecule has 1 aromatic rings. The van der Waals surface area contributed by atoms with Gasteiger partial charge in [0.15, 0.2) is 11.4 Å². The van der Waals surface area contributed by atoms with Gasteiger partial charge in [0.1, 0.15) is 7.05 Å². The quantitative estimate of drug-likeness (QED) is 0.590. The average molecular weight is 362 g/mol. The summed E-state index contributed by atoms with van der Waals surface area (Å²) in [5.74, 6) is 0. The molecule has 0 aromatic carbocycles. The molecular formula is C18H32ClNO4. The van der Waals surface area contributed by atoms with E-state index in [2.05, 4.69) is 86.1 Å². The molecule has 1 heterocycles. The summed E-state index contributed by atoms with van der Waals surface area (Å²) in [6, 6.07) is 4.77. The van der Waals surface area contributed by atoms with Gasteiger partial charge < -0.3 is 0 Å². The lowest BCUT2D eigenvalue weighted by molar-refractivity contribution is -2.00. The molecule has 5 nitrogen and oxygen atoms in total. The minimum atomic E-state index is -4.94. The van der Waals surface area contributed by atoms with E-state index < -0.39 is 10.2 Å². The molecule has 0 amide bonds.